The van der Waals surface area contributed by atoms with Gasteiger partial charge < -0.3 is 20.3 Å². The molecule has 0 bridgehead atoms. The Bertz CT molecular complexity index is 538. The van der Waals surface area contributed by atoms with Crippen molar-refractivity contribution in [3.05, 3.63) is 29.8 Å². The van der Waals surface area contributed by atoms with E-state index in [9.17, 15) is 24.6 Å². The number of amides is 1. The van der Waals surface area contributed by atoms with Crippen LogP contribution in [0.3, 0.4) is 0 Å². The Hall–Kier alpha value is -2.57. The van der Waals surface area contributed by atoms with Crippen molar-refractivity contribution in [2.75, 3.05) is 7.11 Å². The summed E-state index contributed by atoms with van der Waals surface area (Å²) in [4.78, 5) is 33.7. The van der Waals surface area contributed by atoms with Crippen LogP contribution >= 0.6 is 0 Å². The standard InChI is InChI=1S/C15H19NO6/c1-10(17)16-15(13(18)19,14(20)21)9-3-4-11-5-7-12(22-2)8-6-11/h5-8H,3-4,9H2,1-2H3,(H,16,17)(H,18,19)(H,20,21). The van der Waals surface area contributed by atoms with Crippen LogP contribution in [0.25, 0.3) is 0 Å². The zero-order valence-electron chi connectivity index (χ0n) is 12.5. The molecule has 0 spiro atoms. The normalized spacial score (nSPS) is 10.8. The van der Waals surface area contributed by atoms with Gasteiger partial charge in [0.15, 0.2) is 0 Å². The highest BCUT2D eigenvalue weighted by atomic mass is 16.5. The summed E-state index contributed by atoms with van der Waals surface area (Å²) in [5.74, 6) is -3.16. The molecule has 120 valence electrons. The van der Waals surface area contributed by atoms with Crippen molar-refractivity contribution >= 4 is 17.8 Å². The third kappa shape index (κ3) is 4.21. The first kappa shape index (κ1) is 17.5. The Morgan fingerprint density at radius 3 is 2.09 bits per heavy atom. The molecule has 0 radical (unpaired) electrons. The van der Waals surface area contributed by atoms with E-state index in [4.69, 9.17) is 4.74 Å². The van der Waals surface area contributed by atoms with Crippen molar-refractivity contribution < 1.29 is 29.3 Å². The van der Waals surface area contributed by atoms with Gasteiger partial charge in [-0.25, -0.2) is 9.59 Å². The Morgan fingerprint density at radius 1 is 1.14 bits per heavy atom. The molecular weight excluding hydrogens is 290 g/mol. The number of carbonyl (C=O) groups is 3. The molecule has 22 heavy (non-hydrogen) atoms. The SMILES string of the molecule is COc1ccc(CCCC(NC(C)=O)(C(=O)O)C(=O)O)cc1. The summed E-state index contributed by atoms with van der Waals surface area (Å²) in [6.07, 6.45) is 0.584. The van der Waals surface area contributed by atoms with Crippen LogP contribution in [0.2, 0.25) is 0 Å². The van der Waals surface area contributed by atoms with E-state index in [0.29, 0.717) is 18.6 Å². The Labute approximate surface area is 127 Å². The third-order valence-electron chi connectivity index (χ3n) is 3.30. The van der Waals surface area contributed by atoms with E-state index in [1.54, 1.807) is 19.2 Å². The largest absolute Gasteiger partial charge is 0.497 e. The van der Waals surface area contributed by atoms with E-state index in [-0.39, 0.29) is 6.42 Å². The lowest BCUT2D eigenvalue weighted by Crippen LogP contribution is -2.59. The summed E-state index contributed by atoms with van der Waals surface area (Å²) in [6.45, 7) is 1.09. The summed E-state index contributed by atoms with van der Waals surface area (Å²) < 4.78 is 5.03. The molecule has 1 aromatic carbocycles. The first-order chi connectivity index (χ1) is 10.3. The maximum absolute atomic E-state index is 11.3. The van der Waals surface area contributed by atoms with Gasteiger partial charge in [-0.2, -0.15) is 0 Å². The van der Waals surface area contributed by atoms with Gasteiger partial charge in [-0.15, -0.1) is 0 Å². The number of aryl methyl sites for hydroxylation is 1. The van der Waals surface area contributed by atoms with Crippen LogP contribution in [0.5, 0.6) is 5.75 Å². The molecule has 0 aromatic heterocycles. The van der Waals surface area contributed by atoms with Crippen LogP contribution in [0.4, 0.5) is 0 Å². The number of carboxylic acid groups (broad SMARTS) is 2. The minimum Gasteiger partial charge on any atom is -0.497 e. The number of rotatable bonds is 8. The second kappa shape index (κ2) is 7.44. The number of hydrogen-bond donors (Lipinski definition) is 3. The number of ether oxygens (including phenoxy) is 1. The fourth-order valence-corrected chi connectivity index (χ4v) is 2.13. The lowest BCUT2D eigenvalue weighted by molar-refractivity contribution is -0.161. The lowest BCUT2D eigenvalue weighted by Gasteiger charge is -2.25. The second-order valence-electron chi connectivity index (χ2n) is 4.90. The van der Waals surface area contributed by atoms with Crippen molar-refractivity contribution in [1.29, 1.82) is 0 Å². The van der Waals surface area contributed by atoms with E-state index >= 15 is 0 Å². The highest BCUT2D eigenvalue weighted by Gasteiger charge is 2.46. The highest BCUT2D eigenvalue weighted by Crippen LogP contribution is 2.18. The third-order valence-corrected chi connectivity index (χ3v) is 3.30. The Balaban J connectivity index is 2.76. The summed E-state index contributed by atoms with van der Waals surface area (Å²) in [7, 11) is 1.55. The maximum Gasteiger partial charge on any atom is 0.341 e. The quantitative estimate of drug-likeness (QED) is 0.619. The molecule has 0 saturated heterocycles. The molecule has 0 unspecified atom stereocenters. The molecule has 7 nitrogen and oxygen atoms in total. The van der Waals surface area contributed by atoms with Crippen LogP contribution in [0.1, 0.15) is 25.3 Å². The van der Waals surface area contributed by atoms with E-state index in [1.807, 2.05) is 17.4 Å². The summed E-state index contributed by atoms with van der Waals surface area (Å²) in [6, 6.07) is 7.18. The molecule has 0 fully saturated rings. The van der Waals surface area contributed by atoms with Crippen molar-refractivity contribution in [3.63, 3.8) is 0 Å². The number of aliphatic carboxylic acids is 2. The fraction of sp³-hybridized carbons (Fsp3) is 0.400. The van der Waals surface area contributed by atoms with E-state index in [0.717, 1.165) is 12.5 Å². The first-order valence-electron chi connectivity index (χ1n) is 6.70. The van der Waals surface area contributed by atoms with Crippen LogP contribution in [-0.2, 0) is 20.8 Å². The number of nitrogens with one attached hydrogen (secondary N) is 1. The van der Waals surface area contributed by atoms with E-state index < -0.39 is 23.4 Å². The van der Waals surface area contributed by atoms with Gasteiger partial charge in [-0.1, -0.05) is 12.1 Å². The van der Waals surface area contributed by atoms with Crippen molar-refractivity contribution in [2.24, 2.45) is 0 Å². The van der Waals surface area contributed by atoms with Gasteiger partial charge in [0.25, 0.3) is 0 Å². The molecule has 7 heteroatoms. The summed E-state index contributed by atoms with van der Waals surface area (Å²) in [5.41, 5.74) is -1.37. The molecular formula is C15H19NO6. The molecule has 0 aliphatic rings. The van der Waals surface area contributed by atoms with E-state index in [1.165, 1.54) is 0 Å². The molecule has 0 atom stereocenters. The maximum atomic E-state index is 11.3. The summed E-state index contributed by atoms with van der Waals surface area (Å²) in [5, 5.41) is 20.4. The Morgan fingerprint density at radius 2 is 1.68 bits per heavy atom. The van der Waals surface area contributed by atoms with Gasteiger partial charge in [-0.3, -0.25) is 4.79 Å². The smallest absolute Gasteiger partial charge is 0.341 e. The highest BCUT2D eigenvalue weighted by molar-refractivity contribution is 6.06. The Kier molecular flexibility index (Phi) is 5.91. The van der Waals surface area contributed by atoms with Gasteiger partial charge in [-0.05, 0) is 37.0 Å². The zero-order valence-corrected chi connectivity index (χ0v) is 12.5. The van der Waals surface area contributed by atoms with Gasteiger partial charge >= 0.3 is 11.9 Å². The number of carboxylic acids is 2. The average molecular weight is 309 g/mol. The summed E-state index contributed by atoms with van der Waals surface area (Å²) >= 11 is 0. The van der Waals surface area contributed by atoms with Gasteiger partial charge in [0.2, 0.25) is 11.4 Å². The van der Waals surface area contributed by atoms with Gasteiger partial charge in [0.1, 0.15) is 5.75 Å². The molecule has 1 amide bonds. The zero-order chi connectivity index (χ0) is 16.8. The monoisotopic (exact) mass is 309 g/mol. The second-order valence-corrected chi connectivity index (χ2v) is 4.90. The van der Waals surface area contributed by atoms with Crippen LogP contribution in [0.15, 0.2) is 24.3 Å². The van der Waals surface area contributed by atoms with Crippen molar-refractivity contribution in [2.45, 2.75) is 31.7 Å². The minimum absolute atomic E-state index is 0.205. The molecule has 1 aromatic rings. The van der Waals surface area contributed by atoms with Crippen molar-refractivity contribution in [3.8, 4) is 5.75 Å². The molecule has 0 saturated carbocycles. The molecule has 0 aliphatic carbocycles. The fourth-order valence-electron chi connectivity index (χ4n) is 2.13. The predicted molar refractivity (Wildman–Crippen MR) is 77.8 cm³/mol. The van der Waals surface area contributed by atoms with Gasteiger partial charge in [0.05, 0.1) is 7.11 Å². The minimum atomic E-state index is -2.29. The van der Waals surface area contributed by atoms with E-state index in [2.05, 4.69) is 0 Å². The first-order valence-corrected chi connectivity index (χ1v) is 6.70. The predicted octanol–water partition coefficient (Wildman–Crippen LogP) is 1.06. The number of hydrogen-bond acceptors (Lipinski definition) is 4. The van der Waals surface area contributed by atoms with Crippen LogP contribution in [0, 0.1) is 0 Å². The number of methoxy groups -OCH3 is 1. The topological polar surface area (TPSA) is 113 Å². The van der Waals surface area contributed by atoms with Crippen LogP contribution < -0.4 is 10.1 Å². The molecule has 0 heterocycles. The molecule has 3 N–H and O–H groups in total. The number of carbonyl (C=O) groups excluding carboxylic acids is 1. The lowest BCUT2D eigenvalue weighted by atomic mass is 9.91. The van der Waals surface area contributed by atoms with Crippen molar-refractivity contribution in [1.82, 2.24) is 5.32 Å². The average Bonchev–Trinajstić information content (AvgIpc) is 2.45. The molecule has 0 aliphatic heterocycles. The molecule has 1 rings (SSSR count). The number of benzene rings is 1. The van der Waals surface area contributed by atoms with Gasteiger partial charge in [0, 0.05) is 6.92 Å². The van der Waals surface area contributed by atoms with Crippen LogP contribution in [-0.4, -0.2) is 40.7 Å².